The Morgan fingerprint density at radius 1 is 1.02 bits per heavy atom. The summed E-state index contributed by atoms with van der Waals surface area (Å²) in [4.78, 5) is 32.4. The zero-order chi connectivity index (χ0) is 34.6. The number of phenolic OH excluding ortho intramolecular Hbond substituents is 1. The SMILES string of the molecule is CC(C)OC(=O)[C@H](C)NP(=O)(CCCN(C)C(=O)c1c2cccnc2c(O)c2c(O)n(Cc3ccc(F)cc3)cc12)Oc1ccccc1. The Kier molecular flexibility index (Phi) is 10.4. The highest BCUT2D eigenvalue weighted by atomic mass is 31.2. The van der Waals surface area contributed by atoms with E-state index in [0.29, 0.717) is 22.1 Å². The minimum atomic E-state index is -3.67. The number of rotatable bonds is 13. The number of carbonyl (C=O) groups is 2. The summed E-state index contributed by atoms with van der Waals surface area (Å²) in [5.41, 5.74) is 1.05. The van der Waals surface area contributed by atoms with Crippen LogP contribution in [0.25, 0.3) is 21.7 Å². The molecule has 13 heteroatoms. The van der Waals surface area contributed by atoms with Crippen LogP contribution in [-0.2, 0) is 20.6 Å². The summed E-state index contributed by atoms with van der Waals surface area (Å²) in [5.74, 6) is -1.57. The van der Waals surface area contributed by atoms with Gasteiger partial charge in [-0.05, 0) is 63.1 Å². The van der Waals surface area contributed by atoms with Crippen molar-refractivity contribution < 1.29 is 38.0 Å². The van der Waals surface area contributed by atoms with Gasteiger partial charge in [0.05, 0.1) is 29.8 Å². The monoisotopic (exact) mass is 676 g/mol. The molecule has 0 saturated heterocycles. The minimum Gasteiger partial charge on any atom is -0.505 e. The molecule has 1 amide bonds. The minimum absolute atomic E-state index is 0.0130. The summed E-state index contributed by atoms with van der Waals surface area (Å²) < 4.78 is 40.2. The molecule has 0 saturated carbocycles. The van der Waals surface area contributed by atoms with Gasteiger partial charge in [0, 0.05) is 36.8 Å². The van der Waals surface area contributed by atoms with Crippen molar-refractivity contribution in [3.05, 3.63) is 96.1 Å². The van der Waals surface area contributed by atoms with Crippen LogP contribution in [0.4, 0.5) is 4.39 Å². The molecule has 1 unspecified atom stereocenters. The highest BCUT2D eigenvalue weighted by Gasteiger charge is 2.31. The highest BCUT2D eigenvalue weighted by Crippen LogP contribution is 2.45. The van der Waals surface area contributed by atoms with Gasteiger partial charge in [-0.15, -0.1) is 0 Å². The van der Waals surface area contributed by atoms with E-state index in [9.17, 15) is 28.8 Å². The fourth-order valence-electron chi connectivity index (χ4n) is 5.44. The van der Waals surface area contributed by atoms with Gasteiger partial charge in [0.2, 0.25) is 5.88 Å². The lowest BCUT2D eigenvalue weighted by Crippen LogP contribution is -2.36. The maximum absolute atomic E-state index is 14.1. The maximum atomic E-state index is 14.1. The van der Waals surface area contributed by atoms with Gasteiger partial charge in [0.15, 0.2) is 5.75 Å². The van der Waals surface area contributed by atoms with Crippen molar-refractivity contribution in [1.29, 1.82) is 0 Å². The zero-order valence-corrected chi connectivity index (χ0v) is 28.0. The first kappa shape index (κ1) is 34.4. The smallest absolute Gasteiger partial charge is 0.323 e. The Morgan fingerprint density at radius 3 is 2.42 bits per heavy atom. The van der Waals surface area contributed by atoms with E-state index in [1.807, 2.05) is 0 Å². The zero-order valence-electron chi connectivity index (χ0n) is 27.1. The number of nitrogens with zero attached hydrogens (tertiary/aromatic N) is 3. The average molecular weight is 677 g/mol. The fraction of sp³-hybridized carbons (Fsp3) is 0.286. The van der Waals surface area contributed by atoms with Crippen LogP contribution in [-0.4, -0.2) is 68.4 Å². The molecule has 252 valence electrons. The number of amides is 1. The molecule has 0 fully saturated rings. The normalized spacial score (nSPS) is 13.4. The quantitative estimate of drug-likeness (QED) is 0.0947. The standard InChI is InChI=1S/C35H38FN4O7P/c1-22(2)46-35(44)23(3)38-48(45,47-26-10-6-5-7-11-26)19-9-18-39(4)33(42)29-27-12-8-17-37-31(27)32(41)30-28(29)21-40(34(30)43)20-24-13-15-25(36)16-14-24/h5-8,10-17,21-23,41,43H,9,18-20H2,1-4H3,(H,38,45)/t23-,48?/m0/s1. The van der Waals surface area contributed by atoms with E-state index >= 15 is 0 Å². The van der Waals surface area contributed by atoms with E-state index in [4.69, 9.17) is 9.26 Å². The number of esters is 1. The van der Waals surface area contributed by atoms with Gasteiger partial charge in [-0.25, -0.2) is 9.48 Å². The highest BCUT2D eigenvalue weighted by molar-refractivity contribution is 7.57. The maximum Gasteiger partial charge on any atom is 0.323 e. The van der Waals surface area contributed by atoms with Gasteiger partial charge in [0.25, 0.3) is 5.91 Å². The van der Waals surface area contributed by atoms with E-state index in [0.717, 1.165) is 0 Å². The third kappa shape index (κ3) is 7.61. The van der Waals surface area contributed by atoms with Crippen LogP contribution in [0.15, 0.2) is 79.1 Å². The summed E-state index contributed by atoms with van der Waals surface area (Å²) in [5, 5.41) is 26.0. The summed E-state index contributed by atoms with van der Waals surface area (Å²) in [6, 6.07) is 16.8. The molecule has 0 spiro atoms. The Morgan fingerprint density at radius 2 is 1.73 bits per heavy atom. The van der Waals surface area contributed by atoms with Crippen molar-refractivity contribution in [3.8, 4) is 17.4 Å². The summed E-state index contributed by atoms with van der Waals surface area (Å²) >= 11 is 0. The molecule has 5 aromatic rings. The van der Waals surface area contributed by atoms with Crippen molar-refractivity contribution in [1.82, 2.24) is 19.5 Å². The average Bonchev–Trinajstić information content (AvgIpc) is 3.37. The number of pyridine rings is 1. The van der Waals surface area contributed by atoms with Gasteiger partial charge in [-0.1, -0.05) is 36.4 Å². The van der Waals surface area contributed by atoms with Gasteiger partial charge in [0.1, 0.15) is 23.1 Å². The molecule has 3 aromatic carbocycles. The molecular weight excluding hydrogens is 638 g/mol. The number of benzene rings is 3. The number of phenols is 1. The van der Waals surface area contributed by atoms with Crippen LogP contribution in [0.3, 0.4) is 0 Å². The molecule has 0 aliphatic carbocycles. The van der Waals surface area contributed by atoms with E-state index in [2.05, 4.69) is 10.1 Å². The number of hydrogen-bond donors (Lipinski definition) is 3. The summed E-state index contributed by atoms with van der Waals surface area (Å²) in [7, 11) is -2.07. The van der Waals surface area contributed by atoms with E-state index in [1.165, 1.54) is 27.8 Å². The van der Waals surface area contributed by atoms with Crippen LogP contribution < -0.4 is 9.61 Å². The lowest BCUT2D eigenvalue weighted by molar-refractivity contribution is -0.149. The van der Waals surface area contributed by atoms with Crippen LogP contribution in [0, 0.1) is 5.82 Å². The van der Waals surface area contributed by atoms with Crippen LogP contribution in [0.2, 0.25) is 0 Å². The van der Waals surface area contributed by atoms with Gasteiger partial charge >= 0.3 is 13.5 Å². The first-order valence-corrected chi connectivity index (χ1v) is 17.3. The second-order valence-corrected chi connectivity index (χ2v) is 14.1. The number of nitrogens with one attached hydrogen (secondary N) is 1. The van der Waals surface area contributed by atoms with Crippen molar-refractivity contribution in [2.75, 3.05) is 19.8 Å². The number of ether oxygens (including phenoxy) is 1. The molecule has 2 heterocycles. The number of aromatic hydroxyl groups is 2. The van der Waals surface area contributed by atoms with Crippen LogP contribution in [0.1, 0.15) is 43.1 Å². The molecular formula is C35H38FN4O7P. The Bertz CT molecular complexity index is 1980. The third-order valence-corrected chi connectivity index (χ3v) is 9.91. The second kappa shape index (κ2) is 14.5. The molecule has 0 bridgehead atoms. The number of para-hydroxylation sites is 1. The Balaban J connectivity index is 1.41. The number of carbonyl (C=O) groups excluding carboxylic acids is 2. The molecule has 2 atom stereocenters. The topological polar surface area (TPSA) is 143 Å². The van der Waals surface area contributed by atoms with Crippen LogP contribution >= 0.6 is 7.52 Å². The molecule has 0 aliphatic rings. The lowest BCUT2D eigenvalue weighted by Gasteiger charge is -2.25. The number of fused-ring (bicyclic) bond motifs is 2. The van der Waals surface area contributed by atoms with Crippen molar-refractivity contribution in [2.45, 2.75) is 45.9 Å². The molecule has 2 aromatic heterocycles. The Labute approximate surface area is 277 Å². The second-order valence-electron chi connectivity index (χ2n) is 11.8. The van der Waals surface area contributed by atoms with E-state index in [-0.39, 0.29) is 59.9 Å². The number of aromatic nitrogens is 2. The van der Waals surface area contributed by atoms with Gasteiger partial charge in [-0.2, -0.15) is 0 Å². The van der Waals surface area contributed by atoms with Crippen molar-refractivity contribution in [3.63, 3.8) is 0 Å². The van der Waals surface area contributed by atoms with Gasteiger partial charge in [-0.3, -0.25) is 19.1 Å². The van der Waals surface area contributed by atoms with Crippen LogP contribution in [0.5, 0.6) is 17.4 Å². The van der Waals surface area contributed by atoms with E-state index in [1.54, 1.807) is 88.6 Å². The largest absolute Gasteiger partial charge is 0.505 e. The first-order valence-electron chi connectivity index (χ1n) is 15.5. The molecule has 5 rings (SSSR count). The molecule has 3 N–H and O–H groups in total. The molecule has 48 heavy (non-hydrogen) atoms. The number of halogens is 1. The molecule has 0 radical (unpaired) electrons. The molecule has 0 aliphatic heterocycles. The predicted molar refractivity (Wildman–Crippen MR) is 181 cm³/mol. The lowest BCUT2D eigenvalue weighted by atomic mass is 10.00. The summed E-state index contributed by atoms with van der Waals surface area (Å²) in [6.45, 7) is 5.30. The summed E-state index contributed by atoms with van der Waals surface area (Å²) in [6.07, 6.45) is 2.92. The molecule has 11 nitrogen and oxygen atoms in total. The van der Waals surface area contributed by atoms with Crippen molar-refractivity contribution in [2.24, 2.45) is 0 Å². The number of hydrogen-bond acceptors (Lipinski definition) is 8. The van der Waals surface area contributed by atoms with Gasteiger partial charge < -0.3 is 28.9 Å². The van der Waals surface area contributed by atoms with Crippen molar-refractivity contribution >= 4 is 41.1 Å². The predicted octanol–water partition coefficient (Wildman–Crippen LogP) is 6.45. The van der Waals surface area contributed by atoms with E-state index < -0.39 is 31.3 Å². The third-order valence-electron chi connectivity index (χ3n) is 7.72. The fourth-order valence-corrected chi connectivity index (χ4v) is 7.43. The first-order chi connectivity index (χ1) is 22.9. The Hall–Kier alpha value is -4.93.